The molecule has 1 aromatic carbocycles. The van der Waals surface area contributed by atoms with Crippen LogP contribution in [0.3, 0.4) is 0 Å². The molecule has 1 saturated heterocycles. The number of alkyl halides is 2. The number of anilines is 1. The van der Waals surface area contributed by atoms with E-state index in [4.69, 9.17) is 9.47 Å². The number of amides is 1. The van der Waals surface area contributed by atoms with Gasteiger partial charge in [0.15, 0.2) is 11.9 Å². The fourth-order valence-corrected chi connectivity index (χ4v) is 3.39. The Bertz CT molecular complexity index is 1090. The largest absolute Gasteiger partial charge is 0.470 e. The molecule has 1 atom stereocenters. The molecule has 33 heavy (non-hydrogen) atoms. The Balaban J connectivity index is 1.42. The molecule has 3 aromatic rings. The first-order valence-electron chi connectivity index (χ1n) is 10.3. The van der Waals surface area contributed by atoms with Gasteiger partial charge < -0.3 is 19.7 Å². The van der Waals surface area contributed by atoms with Crippen LogP contribution in [0.15, 0.2) is 36.4 Å². The van der Waals surface area contributed by atoms with Crippen LogP contribution in [0.1, 0.15) is 23.4 Å². The van der Waals surface area contributed by atoms with Crippen molar-refractivity contribution in [2.24, 2.45) is 0 Å². The lowest BCUT2D eigenvalue weighted by Crippen LogP contribution is -2.49. The fourth-order valence-electron chi connectivity index (χ4n) is 3.39. The lowest BCUT2D eigenvalue weighted by atomic mass is 10.2. The standard InChI is InChI=1S/C21H23F2N7O3/c1-13-16(30(28-25-13)15-5-3-14(4-6-15)20(22)23)12-33-19-8-7-18(26-27-19)29-9-10-32-17(11-29)21(31)24-2/h3-8,17,20H,9-12H2,1-2H3,(H,24,31)/t17-/m0/s1. The van der Waals surface area contributed by atoms with Crippen molar-refractivity contribution in [3.8, 4) is 11.6 Å². The fraction of sp³-hybridized carbons (Fsp3) is 0.381. The zero-order valence-corrected chi connectivity index (χ0v) is 18.1. The predicted octanol–water partition coefficient (Wildman–Crippen LogP) is 1.83. The smallest absolute Gasteiger partial charge is 0.263 e. The molecule has 10 nitrogen and oxygen atoms in total. The van der Waals surface area contributed by atoms with Crippen LogP contribution in [-0.4, -0.2) is 63.9 Å². The van der Waals surface area contributed by atoms with E-state index in [1.807, 2.05) is 4.90 Å². The third-order valence-electron chi connectivity index (χ3n) is 5.26. The lowest BCUT2D eigenvalue weighted by molar-refractivity contribution is -0.132. The molecule has 1 N–H and O–H groups in total. The van der Waals surface area contributed by atoms with Gasteiger partial charge in [0, 0.05) is 25.2 Å². The molecule has 0 aliphatic carbocycles. The summed E-state index contributed by atoms with van der Waals surface area (Å²) in [4.78, 5) is 13.8. The summed E-state index contributed by atoms with van der Waals surface area (Å²) in [6, 6.07) is 9.27. The highest BCUT2D eigenvalue weighted by Crippen LogP contribution is 2.22. The number of benzene rings is 1. The van der Waals surface area contributed by atoms with E-state index in [-0.39, 0.29) is 18.1 Å². The quantitative estimate of drug-likeness (QED) is 0.570. The van der Waals surface area contributed by atoms with Gasteiger partial charge in [-0.2, -0.15) is 0 Å². The number of halogens is 2. The van der Waals surface area contributed by atoms with Crippen molar-refractivity contribution >= 4 is 11.7 Å². The zero-order valence-electron chi connectivity index (χ0n) is 18.1. The molecule has 0 radical (unpaired) electrons. The van der Waals surface area contributed by atoms with Crippen LogP contribution in [0.5, 0.6) is 5.88 Å². The summed E-state index contributed by atoms with van der Waals surface area (Å²) < 4.78 is 38.4. The zero-order chi connectivity index (χ0) is 23.4. The van der Waals surface area contributed by atoms with E-state index in [2.05, 4.69) is 25.8 Å². The molecule has 4 rings (SSSR count). The van der Waals surface area contributed by atoms with Gasteiger partial charge in [-0.3, -0.25) is 4.79 Å². The van der Waals surface area contributed by atoms with Crippen LogP contribution in [0.4, 0.5) is 14.6 Å². The van der Waals surface area contributed by atoms with Crippen molar-refractivity contribution in [1.82, 2.24) is 30.5 Å². The highest BCUT2D eigenvalue weighted by Gasteiger charge is 2.26. The Kier molecular flexibility index (Phi) is 6.73. The maximum Gasteiger partial charge on any atom is 0.263 e. The minimum Gasteiger partial charge on any atom is -0.470 e. The van der Waals surface area contributed by atoms with E-state index in [1.165, 1.54) is 12.1 Å². The van der Waals surface area contributed by atoms with Crippen LogP contribution in [0.2, 0.25) is 0 Å². The van der Waals surface area contributed by atoms with Gasteiger partial charge in [0.25, 0.3) is 12.3 Å². The highest BCUT2D eigenvalue weighted by atomic mass is 19.3. The Hall–Kier alpha value is -3.67. The van der Waals surface area contributed by atoms with Crippen molar-refractivity contribution in [2.75, 3.05) is 31.6 Å². The number of rotatable bonds is 7. The number of nitrogens with one attached hydrogen (secondary N) is 1. The normalized spacial score (nSPS) is 16.2. The Labute approximate surface area is 188 Å². The minimum atomic E-state index is -2.53. The second kappa shape index (κ2) is 9.86. The summed E-state index contributed by atoms with van der Waals surface area (Å²) in [5.74, 6) is 0.730. The topological polar surface area (TPSA) is 107 Å². The third-order valence-corrected chi connectivity index (χ3v) is 5.26. The van der Waals surface area contributed by atoms with Crippen LogP contribution >= 0.6 is 0 Å². The highest BCUT2D eigenvalue weighted by molar-refractivity contribution is 5.81. The van der Waals surface area contributed by atoms with E-state index in [0.29, 0.717) is 48.5 Å². The molecular formula is C21H23F2N7O3. The van der Waals surface area contributed by atoms with E-state index in [0.717, 1.165) is 0 Å². The van der Waals surface area contributed by atoms with Gasteiger partial charge in [0.2, 0.25) is 5.88 Å². The van der Waals surface area contributed by atoms with Gasteiger partial charge in [-0.15, -0.1) is 15.3 Å². The number of aromatic nitrogens is 5. The van der Waals surface area contributed by atoms with E-state index < -0.39 is 12.5 Å². The van der Waals surface area contributed by atoms with Gasteiger partial charge in [-0.25, -0.2) is 13.5 Å². The summed E-state index contributed by atoms with van der Waals surface area (Å²) in [7, 11) is 1.57. The molecular weight excluding hydrogens is 436 g/mol. The monoisotopic (exact) mass is 459 g/mol. The van der Waals surface area contributed by atoms with Crippen LogP contribution in [0.25, 0.3) is 5.69 Å². The van der Waals surface area contributed by atoms with Crippen molar-refractivity contribution in [3.05, 3.63) is 53.3 Å². The number of nitrogens with zero attached hydrogens (tertiary/aromatic N) is 6. The molecule has 12 heteroatoms. The second-order valence-corrected chi connectivity index (χ2v) is 7.36. The van der Waals surface area contributed by atoms with Crippen molar-refractivity contribution in [2.45, 2.75) is 26.1 Å². The average Bonchev–Trinajstić information content (AvgIpc) is 3.22. The molecule has 0 bridgehead atoms. The molecule has 0 unspecified atom stereocenters. The predicted molar refractivity (Wildman–Crippen MR) is 113 cm³/mol. The van der Waals surface area contributed by atoms with Gasteiger partial charge in [-0.05, 0) is 25.1 Å². The van der Waals surface area contributed by atoms with E-state index in [1.54, 1.807) is 42.9 Å². The van der Waals surface area contributed by atoms with Gasteiger partial charge in [0.1, 0.15) is 12.3 Å². The van der Waals surface area contributed by atoms with E-state index in [9.17, 15) is 13.6 Å². The number of likely N-dealkylation sites (N-methyl/N-ethyl adjacent to an activating group) is 1. The number of ether oxygens (including phenoxy) is 2. The second-order valence-electron chi connectivity index (χ2n) is 7.36. The van der Waals surface area contributed by atoms with Gasteiger partial charge in [0.05, 0.1) is 24.5 Å². The molecule has 1 amide bonds. The van der Waals surface area contributed by atoms with Crippen LogP contribution < -0.4 is 15.0 Å². The van der Waals surface area contributed by atoms with Gasteiger partial charge >= 0.3 is 0 Å². The van der Waals surface area contributed by atoms with Crippen molar-refractivity contribution < 1.29 is 23.0 Å². The number of aryl methyl sites for hydroxylation is 1. The maximum absolute atomic E-state index is 12.8. The van der Waals surface area contributed by atoms with Crippen molar-refractivity contribution in [1.29, 1.82) is 0 Å². The Morgan fingerprint density at radius 3 is 2.67 bits per heavy atom. The maximum atomic E-state index is 12.8. The van der Waals surface area contributed by atoms with Gasteiger partial charge in [-0.1, -0.05) is 17.3 Å². The molecule has 0 saturated carbocycles. The molecule has 1 aliphatic heterocycles. The number of carbonyl (C=O) groups is 1. The number of carbonyl (C=O) groups excluding carboxylic acids is 1. The molecule has 1 fully saturated rings. The molecule has 2 aromatic heterocycles. The number of morpholine rings is 1. The Morgan fingerprint density at radius 1 is 1.21 bits per heavy atom. The summed E-state index contributed by atoms with van der Waals surface area (Å²) in [6.45, 7) is 3.28. The summed E-state index contributed by atoms with van der Waals surface area (Å²) in [5, 5.41) is 19.1. The van der Waals surface area contributed by atoms with Crippen LogP contribution in [0, 0.1) is 6.92 Å². The lowest BCUT2D eigenvalue weighted by Gasteiger charge is -2.32. The number of hydrogen-bond donors (Lipinski definition) is 1. The molecule has 174 valence electrons. The Morgan fingerprint density at radius 2 is 2.00 bits per heavy atom. The van der Waals surface area contributed by atoms with Crippen LogP contribution in [-0.2, 0) is 16.1 Å². The minimum absolute atomic E-state index is 0.0642. The first-order valence-corrected chi connectivity index (χ1v) is 10.3. The summed E-state index contributed by atoms with van der Waals surface area (Å²) >= 11 is 0. The molecule has 0 spiro atoms. The van der Waals surface area contributed by atoms with Crippen molar-refractivity contribution in [3.63, 3.8) is 0 Å². The summed E-state index contributed by atoms with van der Waals surface area (Å²) in [6.07, 6.45) is -3.10. The third kappa shape index (κ3) is 5.06. The number of hydrogen-bond acceptors (Lipinski definition) is 8. The first-order chi connectivity index (χ1) is 16.0. The van der Waals surface area contributed by atoms with E-state index >= 15 is 0 Å². The average molecular weight is 459 g/mol. The first kappa shape index (κ1) is 22.5. The summed E-state index contributed by atoms with van der Waals surface area (Å²) in [5.41, 5.74) is 1.84. The molecule has 3 heterocycles. The SMILES string of the molecule is CNC(=O)[C@@H]1CN(c2ccc(OCc3c(C)nnn3-c3ccc(C(F)F)cc3)nn2)CCO1. The molecule has 1 aliphatic rings.